The van der Waals surface area contributed by atoms with E-state index in [2.05, 4.69) is 10.3 Å². The highest BCUT2D eigenvalue weighted by Gasteiger charge is 2.29. The van der Waals surface area contributed by atoms with E-state index in [1.807, 2.05) is 6.92 Å². The second-order valence-electron chi connectivity index (χ2n) is 5.78. The van der Waals surface area contributed by atoms with E-state index in [1.54, 1.807) is 21.7 Å². The van der Waals surface area contributed by atoms with Crippen molar-refractivity contribution in [3.05, 3.63) is 16.1 Å². The number of aryl methyl sites for hydroxylation is 1. The van der Waals surface area contributed by atoms with E-state index >= 15 is 0 Å². The summed E-state index contributed by atoms with van der Waals surface area (Å²) in [6.07, 6.45) is 4.65. The minimum atomic E-state index is -3.08. The summed E-state index contributed by atoms with van der Waals surface area (Å²) in [4.78, 5) is 19.4. The van der Waals surface area contributed by atoms with E-state index in [0.717, 1.165) is 31.4 Å². The van der Waals surface area contributed by atoms with Gasteiger partial charge < -0.3 is 10.2 Å². The van der Waals surface area contributed by atoms with Crippen LogP contribution >= 0.6 is 11.3 Å². The van der Waals surface area contributed by atoms with E-state index in [9.17, 15) is 13.2 Å². The van der Waals surface area contributed by atoms with Crippen LogP contribution in [0.2, 0.25) is 0 Å². The van der Waals surface area contributed by atoms with Crippen molar-refractivity contribution in [2.24, 2.45) is 0 Å². The lowest BCUT2D eigenvalue weighted by atomic mass is 10.0. The molecular weight excluding hydrogens is 322 g/mol. The van der Waals surface area contributed by atoms with Crippen LogP contribution in [-0.2, 0) is 16.3 Å². The molecule has 2 amide bonds. The summed E-state index contributed by atoms with van der Waals surface area (Å²) in [6.45, 7) is 3.13. The van der Waals surface area contributed by atoms with Gasteiger partial charge in [0.05, 0.1) is 17.0 Å². The van der Waals surface area contributed by atoms with Crippen molar-refractivity contribution in [3.8, 4) is 0 Å². The number of hydrogen-bond donors (Lipinski definition) is 1. The Labute approximate surface area is 135 Å². The number of carbonyl (C=O) groups is 1. The van der Waals surface area contributed by atoms with Crippen LogP contribution in [0.1, 0.15) is 29.8 Å². The lowest BCUT2D eigenvalue weighted by Gasteiger charge is -2.35. The molecule has 124 valence electrons. The lowest BCUT2D eigenvalue weighted by Crippen LogP contribution is -2.51. The first kappa shape index (κ1) is 17.2. The minimum absolute atomic E-state index is 0.0500. The molecule has 0 radical (unpaired) electrons. The molecule has 1 aromatic rings. The van der Waals surface area contributed by atoms with Crippen molar-refractivity contribution in [2.45, 2.75) is 38.6 Å². The van der Waals surface area contributed by atoms with Crippen molar-refractivity contribution >= 4 is 27.2 Å². The van der Waals surface area contributed by atoms with Crippen molar-refractivity contribution in [2.75, 3.05) is 25.1 Å². The predicted molar refractivity (Wildman–Crippen MR) is 88.0 cm³/mol. The molecule has 2 rings (SSSR count). The Morgan fingerprint density at radius 1 is 1.50 bits per heavy atom. The number of thiazole rings is 1. The third-order valence-corrected chi connectivity index (χ3v) is 5.84. The van der Waals surface area contributed by atoms with Gasteiger partial charge in [-0.25, -0.2) is 18.2 Å². The number of nitrogens with one attached hydrogen (secondary N) is 1. The first-order chi connectivity index (χ1) is 10.4. The maximum absolute atomic E-state index is 12.3. The molecule has 6 nitrogen and oxygen atoms in total. The minimum Gasteiger partial charge on any atom is -0.338 e. The average molecular weight is 345 g/mol. The van der Waals surface area contributed by atoms with E-state index < -0.39 is 9.84 Å². The Balaban J connectivity index is 1.87. The summed E-state index contributed by atoms with van der Waals surface area (Å²) in [5.41, 5.74) is 2.81. The first-order valence-electron chi connectivity index (χ1n) is 7.48. The second-order valence-corrected chi connectivity index (χ2v) is 8.90. The van der Waals surface area contributed by atoms with Crippen LogP contribution in [0.25, 0.3) is 0 Å². The molecule has 1 unspecified atom stereocenters. The third kappa shape index (κ3) is 4.95. The van der Waals surface area contributed by atoms with Crippen LogP contribution < -0.4 is 5.32 Å². The molecule has 0 saturated carbocycles. The zero-order chi connectivity index (χ0) is 16.2. The number of nitrogens with zero attached hydrogens (tertiary/aromatic N) is 2. The average Bonchev–Trinajstić information content (AvgIpc) is 2.83. The summed E-state index contributed by atoms with van der Waals surface area (Å²) in [7, 11) is -3.08. The fourth-order valence-electron chi connectivity index (χ4n) is 2.74. The Morgan fingerprint density at radius 3 is 2.91 bits per heavy atom. The van der Waals surface area contributed by atoms with E-state index in [-0.39, 0.29) is 17.8 Å². The standard InChI is InChI=1S/C14H23N3O3S2/c1-11-13(21-10-16-11)6-7-15-14(18)17-8-4-3-5-12(17)9-22(2,19)20/h10,12H,3-9H2,1-2H3,(H,15,18). The normalized spacial score (nSPS) is 19.2. The Hall–Kier alpha value is -1.15. The number of amides is 2. The zero-order valence-corrected chi connectivity index (χ0v) is 14.7. The summed E-state index contributed by atoms with van der Waals surface area (Å²) in [5.74, 6) is 0.0500. The molecule has 1 aliphatic rings. The smallest absolute Gasteiger partial charge is 0.317 e. The maximum atomic E-state index is 12.3. The molecule has 1 aromatic heterocycles. The number of sulfone groups is 1. The molecule has 0 aliphatic carbocycles. The van der Waals surface area contributed by atoms with Gasteiger partial charge in [0.1, 0.15) is 9.84 Å². The van der Waals surface area contributed by atoms with Crippen LogP contribution in [0.15, 0.2) is 5.51 Å². The van der Waals surface area contributed by atoms with Gasteiger partial charge in [0.2, 0.25) is 0 Å². The van der Waals surface area contributed by atoms with Crippen molar-refractivity contribution in [1.29, 1.82) is 0 Å². The third-order valence-electron chi connectivity index (χ3n) is 3.86. The van der Waals surface area contributed by atoms with Crippen LogP contribution in [0.5, 0.6) is 0 Å². The number of rotatable bonds is 5. The fraction of sp³-hybridized carbons (Fsp3) is 0.714. The number of carbonyl (C=O) groups excluding carboxylic acids is 1. The molecule has 0 bridgehead atoms. The number of urea groups is 1. The highest BCUT2D eigenvalue weighted by Crippen LogP contribution is 2.18. The van der Waals surface area contributed by atoms with Gasteiger partial charge in [0, 0.05) is 36.7 Å². The Kier molecular flexibility index (Phi) is 5.80. The molecule has 22 heavy (non-hydrogen) atoms. The Bertz CT molecular complexity index is 613. The molecule has 1 fully saturated rings. The fourth-order valence-corrected chi connectivity index (χ4v) is 4.57. The topological polar surface area (TPSA) is 79.4 Å². The summed E-state index contributed by atoms with van der Waals surface area (Å²) in [6, 6.07) is -0.357. The molecule has 0 aromatic carbocycles. The van der Waals surface area contributed by atoms with Gasteiger partial charge in [0.15, 0.2) is 0 Å². The number of hydrogen-bond acceptors (Lipinski definition) is 5. The molecule has 1 aliphatic heterocycles. The van der Waals surface area contributed by atoms with Crippen LogP contribution in [0.4, 0.5) is 4.79 Å². The summed E-state index contributed by atoms with van der Waals surface area (Å²) in [5, 5.41) is 2.90. The molecule has 8 heteroatoms. The molecular formula is C14H23N3O3S2. The largest absolute Gasteiger partial charge is 0.338 e. The highest BCUT2D eigenvalue weighted by molar-refractivity contribution is 7.90. The van der Waals surface area contributed by atoms with Crippen LogP contribution in [0.3, 0.4) is 0 Å². The molecule has 0 spiro atoms. The van der Waals surface area contributed by atoms with E-state index in [0.29, 0.717) is 13.1 Å². The van der Waals surface area contributed by atoms with Gasteiger partial charge in [0.25, 0.3) is 0 Å². The lowest BCUT2D eigenvalue weighted by molar-refractivity contribution is 0.159. The van der Waals surface area contributed by atoms with Gasteiger partial charge >= 0.3 is 6.03 Å². The number of likely N-dealkylation sites (tertiary alicyclic amines) is 1. The van der Waals surface area contributed by atoms with E-state index in [1.165, 1.54) is 11.1 Å². The van der Waals surface area contributed by atoms with Gasteiger partial charge in [-0.15, -0.1) is 11.3 Å². The SMILES string of the molecule is Cc1ncsc1CCNC(=O)N1CCCCC1CS(C)(=O)=O. The molecule has 1 N–H and O–H groups in total. The van der Waals surface area contributed by atoms with Crippen molar-refractivity contribution in [1.82, 2.24) is 15.2 Å². The number of piperidine rings is 1. The van der Waals surface area contributed by atoms with E-state index in [4.69, 9.17) is 0 Å². The van der Waals surface area contributed by atoms with Gasteiger partial charge in [-0.3, -0.25) is 0 Å². The Morgan fingerprint density at radius 2 is 2.27 bits per heavy atom. The highest BCUT2D eigenvalue weighted by atomic mass is 32.2. The summed E-state index contributed by atoms with van der Waals surface area (Å²) >= 11 is 1.59. The molecule has 1 atom stereocenters. The van der Waals surface area contributed by atoms with Crippen LogP contribution in [0, 0.1) is 6.92 Å². The molecule has 1 saturated heterocycles. The quantitative estimate of drug-likeness (QED) is 0.879. The summed E-state index contributed by atoms with van der Waals surface area (Å²) < 4.78 is 23.0. The zero-order valence-electron chi connectivity index (χ0n) is 13.0. The van der Waals surface area contributed by atoms with Crippen LogP contribution in [-0.4, -0.2) is 55.5 Å². The van der Waals surface area contributed by atoms with Gasteiger partial charge in [-0.1, -0.05) is 0 Å². The number of aromatic nitrogens is 1. The van der Waals surface area contributed by atoms with Crippen molar-refractivity contribution in [3.63, 3.8) is 0 Å². The van der Waals surface area contributed by atoms with Crippen molar-refractivity contribution < 1.29 is 13.2 Å². The first-order valence-corrected chi connectivity index (χ1v) is 10.4. The van der Waals surface area contributed by atoms with Gasteiger partial charge in [-0.2, -0.15) is 0 Å². The van der Waals surface area contributed by atoms with Gasteiger partial charge in [-0.05, 0) is 26.2 Å². The monoisotopic (exact) mass is 345 g/mol. The predicted octanol–water partition coefficient (Wildman–Crippen LogP) is 1.60. The molecule has 2 heterocycles. The maximum Gasteiger partial charge on any atom is 0.317 e. The second kappa shape index (κ2) is 7.41.